The van der Waals surface area contributed by atoms with Crippen LogP contribution >= 0.6 is 23.2 Å². The molecule has 0 saturated heterocycles. The minimum Gasteiger partial charge on any atom is -0.482 e. The standard InChI is InChI=1S/C16H20Cl2N4O2/c1-10(2)6-13(16-19-9-20-22(16)3)21-15(23)8-24-14-5-4-11(17)7-12(14)18/h4-5,7,9-10,13H,6,8H2,1-3H3,(H,21,23)/t13-/m1/s1. The van der Waals surface area contributed by atoms with Crippen molar-refractivity contribution in [3.05, 3.63) is 40.4 Å². The van der Waals surface area contributed by atoms with E-state index in [1.54, 1.807) is 29.9 Å². The first-order valence-corrected chi connectivity index (χ1v) is 8.33. The van der Waals surface area contributed by atoms with Crippen LogP contribution in [-0.2, 0) is 11.8 Å². The van der Waals surface area contributed by atoms with Gasteiger partial charge in [0, 0.05) is 12.1 Å². The lowest BCUT2D eigenvalue weighted by Crippen LogP contribution is -2.34. The third kappa shape index (κ3) is 5.11. The van der Waals surface area contributed by atoms with Gasteiger partial charge in [-0.25, -0.2) is 4.98 Å². The first-order valence-electron chi connectivity index (χ1n) is 7.58. The Hall–Kier alpha value is -1.79. The molecule has 0 bridgehead atoms. The van der Waals surface area contributed by atoms with Crippen molar-refractivity contribution in [1.82, 2.24) is 20.1 Å². The second-order valence-corrected chi connectivity index (χ2v) is 6.70. The van der Waals surface area contributed by atoms with Crippen molar-refractivity contribution in [2.75, 3.05) is 6.61 Å². The molecule has 130 valence electrons. The van der Waals surface area contributed by atoms with Crippen molar-refractivity contribution in [2.24, 2.45) is 13.0 Å². The van der Waals surface area contributed by atoms with E-state index in [1.165, 1.54) is 6.33 Å². The molecule has 1 atom stereocenters. The van der Waals surface area contributed by atoms with Crippen LogP contribution in [0.25, 0.3) is 0 Å². The molecule has 8 heteroatoms. The van der Waals surface area contributed by atoms with E-state index in [2.05, 4.69) is 29.2 Å². The predicted molar refractivity (Wildman–Crippen MR) is 93.3 cm³/mol. The van der Waals surface area contributed by atoms with Gasteiger partial charge in [0.2, 0.25) is 0 Å². The average Bonchev–Trinajstić information content (AvgIpc) is 2.91. The zero-order valence-electron chi connectivity index (χ0n) is 13.8. The van der Waals surface area contributed by atoms with Gasteiger partial charge in [-0.2, -0.15) is 5.10 Å². The van der Waals surface area contributed by atoms with Crippen LogP contribution in [0.15, 0.2) is 24.5 Å². The SMILES string of the molecule is CC(C)C[C@@H](NC(=O)COc1ccc(Cl)cc1Cl)c1ncnn1C. The van der Waals surface area contributed by atoms with E-state index >= 15 is 0 Å². The number of rotatable bonds is 7. The van der Waals surface area contributed by atoms with Crippen LogP contribution in [-0.4, -0.2) is 27.3 Å². The Morgan fingerprint density at radius 2 is 2.12 bits per heavy atom. The molecule has 1 aromatic heterocycles. The largest absolute Gasteiger partial charge is 0.482 e. The number of aryl methyl sites for hydroxylation is 1. The van der Waals surface area contributed by atoms with E-state index in [0.717, 1.165) is 6.42 Å². The number of hydrogen-bond acceptors (Lipinski definition) is 4. The Balaban J connectivity index is 1.99. The number of carbonyl (C=O) groups is 1. The molecule has 0 aliphatic rings. The van der Waals surface area contributed by atoms with Crippen molar-refractivity contribution in [2.45, 2.75) is 26.3 Å². The van der Waals surface area contributed by atoms with E-state index in [4.69, 9.17) is 27.9 Å². The van der Waals surface area contributed by atoms with E-state index < -0.39 is 0 Å². The van der Waals surface area contributed by atoms with E-state index in [-0.39, 0.29) is 18.6 Å². The summed E-state index contributed by atoms with van der Waals surface area (Å²) < 4.78 is 7.12. The molecule has 2 rings (SSSR count). The van der Waals surface area contributed by atoms with Gasteiger partial charge in [-0.05, 0) is 30.5 Å². The molecule has 0 unspecified atom stereocenters. The minimum absolute atomic E-state index is 0.145. The highest BCUT2D eigenvalue weighted by atomic mass is 35.5. The lowest BCUT2D eigenvalue weighted by atomic mass is 10.0. The molecule has 1 amide bonds. The summed E-state index contributed by atoms with van der Waals surface area (Å²) in [5, 5.41) is 7.87. The van der Waals surface area contributed by atoms with Crippen LogP contribution in [0.4, 0.5) is 0 Å². The van der Waals surface area contributed by atoms with Gasteiger partial charge in [0.1, 0.15) is 17.9 Å². The number of hydrogen-bond donors (Lipinski definition) is 1. The molecule has 24 heavy (non-hydrogen) atoms. The third-order valence-corrected chi connectivity index (χ3v) is 3.88. The third-order valence-electron chi connectivity index (χ3n) is 3.35. The molecule has 2 aromatic rings. The number of aromatic nitrogens is 3. The average molecular weight is 371 g/mol. The lowest BCUT2D eigenvalue weighted by Gasteiger charge is -2.20. The van der Waals surface area contributed by atoms with Crippen molar-refractivity contribution in [3.63, 3.8) is 0 Å². The highest BCUT2D eigenvalue weighted by Gasteiger charge is 2.20. The van der Waals surface area contributed by atoms with Gasteiger partial charge < -0.3 is 10.1 Å². The molecule has 0 aliphatic heterocycles. The molecule has 0 saturated carbocycles. The van der Waals surface area contributed by atoms with E-state index in [9.17, 15) is 4.79 Å². The Morgan fingerprint density at radius 1 is 1.38 bits per heavy atom. The highest BCUT2D eigenvalue weighted by molar-refractivity contribution is 6.35. The van der Waals surface area contributed by atoms with Gasteiger partial charge >= 0.3 is 0 Å². The zero-order chi connectivity index (χ0) is 17.7. The predicted octanol–water partition coefficient (Wildman–Crippen LogP) is 3.40. The summed E-state index contributed by atoms with van der Waals surface area (Å²) >= 11 is 11.9. The zero-order valence-corrected chi connectivity index (χ0v) is 15.3. The Bertz CT molecular complexity index is 703. The summed E-state index contributed by atoms with van der Waals surface area (Å²) in [6.07, 6.45) is 2.22. The Labute approximate surface area is 151 Å². The molecule has 0 radical (unpaired) electrons. The van der Waals surface area contributed by atoms with Gasteiger partial charge in [0.05, 0.1) is 11.1 Å². The fourth-order valence-corrected chi connectivity index (χ4v) is 2.76. The lowest BCUT2D eigenvalue weighted by molar-refractivity contribution is -0.124. The molecule has 0 fully saturated rings. The van der Waals surface area contributed by atoms with Crippen molar-refractivity contribution in [1.29, 1.82) is 0 Å². The highest BCUT2D eigenvalue weighted by Crippen LogP contribution is 2.27. The first kappa shape index (κ1) is 18.5. The Kier molecular flexibility index (Phi) is 6.45. The number of carbonyl (C=O) groups excluding carboxylic acids is 1. The van der Waals surface area contributed by atoms with Crippen LogP contribution in [0.1, 0.15) is 32.1 Å². The van der Waals surface area contributed by atoms with Crippen LogP contribution in [0.3, 0.4) is 0 Å². The second kappa shape index (κ2) is 8.35. The molecule has 1 heterocycles. The van der Waals surface area contributed by atoms with Crippen LogP contribution in [0, 0.1) is 5.92 Å². The first-order chi connectivity index (χ1) is 11.4. The fraction of sp³-hybridized carbons (Fsp3) is 0.438. The van der Waals surface area contributed by atoms with Gasteiger partial charge in [0.25, 0.3) is 5.91 Å². The topological polar surface area (TPSA) is 69.0 Å². The quantitative estimate of drug-likeness (QED) is 0.810. The summed E-state index contributed by atoms with van der Waals surface area (Å²) in [7, 11) is 1.80. The monoisotopic (exact) mass is 370 g/mol. The fourth-order valence-electron chi connectivity index (χ4n) is 2.29. The van der Waals surface area contributed by atoms with Gasteiger partial charge in [-0.3, -0.25) is 9.48 Å². The molecule has 1 N–H and O–H groups in total. The Morgan fingerprint density at radius 3 is 2.71 bits per heavy atom. The summed E-state index contributed by atoms with van der Waals surface area (Å²) in [6.45, 7) is 4.02. The van der Waals surface area contributed by atoms with Crippen LogP contribution < -0.4 is 10.1 Å². The van der Waals surface area contributed by atoms with Gasteiger partial charge in [0.15, 0.2) is 6.61 Å². The number of halogens is 2. The van der Waals surface area contributed by atoms with Crippen molar-refractivity contribution < 1.29 is 9.53 Å². The summed E-state index contributed by atoms with van der Waals surface area (Å²) in [4.78, 5) is 16.5. The van der Waals surface area contributed by atoms with E-state index in [1.807, 2.05) is 0 Å². The molecular weight excluding hydrogens is 351 g/mol. The van der Waals surface area contributed by atoms with E-state index in [0.29, 0.717) is 27.5 Å². The number of amides is 1. The molecule has 1 aromatic carbocycles. The normalized spacial score (nSPS) is 12.2. The smallest absolute Gasteiger partial charge is 0.258 e. The van der Waals surface area contributed by atoms with Gasteiger partial charge in [-0.1, -0.05) is 37.0 Å². The number of benzene rings is 1. The second-order valence-electron chi connectivity index (χ2n) is 5.85. The molecule has 0 spiro atoms. The molecular formula is C16H20Cl2N4O2. The maximum atomic E-state index is 12.2. The summed E-state index contributed by atoms with van der Waals surface area (Å²) in [5.41, 5.74) is 0. The molecule has 6 nitrogen and oxygen atoms in total. The van der Waals surface area contributed by atoms with Crippen molar-refractivity contribution in [3.8, 4) is 5.75 Å². The number of nitrogens with one attached hydrogen (secondary N) is 1. The van der Waals surface area contributed by atoms with Crippen LogP contribution in [0.5, 0.6) is 5.75 Å². The minimum atomic E-state index is -0.255. The number of ether oxygens (including phenoxy) is 1. The summed E-state index contributed by atoms with van der Waals surface area (Å²) in [6, 6.07) is 4.63. The van der Waals surface area contributed by atoms with Gasteiger partial charge in [-0.15, -0.1) is 0 Å². The maximum Gasteiger partial charge on any atom is 0.258 e. The van der Waals surface area contributed by atoms with Crippen LogP contribution in [0.2, 0.25) is 10.0 Å². The van der Waals surface area contributed by atoms with Crippen molar-refractivity contribution >= 4 is 29.1 Å². The summed E-state index contributed by atoms with van der Waals surface area (Å²) in [5.74, 6) is 1.25. The molecule has 0 aliphatic carbocycles. The maximum absolute atomic E-state index is 12.2. The number of nitrogens with zero attached hydrogens (tertiary/aromatic N) is 3.